The second-order valence-corrected chi connectivity index (χ2v) is 4.42. The predicted molar refractivity (Wildman–Crippen MR) is 68.3 cm³/mol. The maximum absolute atomic E-state index is 5.70. The van der Waals surface area contributed by atoms with Gasteiger partial charge in [-0.3, -0.25) is 16.0 Å². The summed E-state index contributed by atoms with van der Waals surface area (Å²) in [5.41, 5.74) is 3.84. The number of hydrazine groups is 1. The van der Waals surface area contributed by atoms with E-state index in [9.17, 15) is 0 Å². The van der Waals surface area contributed by atoms with Crippen molar-refractivity contribution >= 4 is 0 Å². The van der Waals surface area contributed by atoms with Crippen LogP contribution < -0.4 is 11.3 Å². The highest BCUT2D eigenvalue weighted by Gasteiger charge is 2.35. The fourth-order valence-electron chi connectivity index (χ4n) is 2.38. The van der Waals surface area contributed by atoms with E-state index in [4.69, 9.17) is 10.6 Å². The molecule has 0 fully saturated rings. The van der Waals surface area contributed by atoms with Crippen LogP contribution in [0.25, 0.3) is 0 Å². The molecule has 3 N–H and O–H groups in total. The molecule has 0 aliphatic heterocycles. The zero-order valence-corrected chi connectivity index (χ0v) is 11.2. The van der Waals surface area contributed by atoms with Gasteiger partial charge < -0.3 is 4.74 Å². The van der Waals surface area contributed by atoms with Crippen molar-refractivity contribution in [3.8, 4) is 0 Å². The minimum absolute atomic E-state index is 0.0895. The monoisotopic (exact) mass is 240 g/mol. The number of nitrogens with one attached hydrogen (secondary N) is 1. The molecule has 0 aromatic carbocycles. The minimum atomic E-state index is -0.218. The van der Waals surface area contributed by atoms with Gasteiger partial charge in [-0.25, -0.2) is 0 Å². The van der Waals surface area contributed by atoms with Crippen molar-refractivity contribution < 1.29 is 4.74 Å². The molecule has 1 atom stereocenters. The van der Waals surface area contributed by atoms with E-state index in [1.54, 1.807) is 11.8 Å². The van der Waals surface area contributed by atoms with Crippen molar-refractivity contribution in [2.45, 2.75) is 44.8 Å². The maximum atomic E-state index is 5.70. The third-order valence-electron chi connectivity index (χ3n) is 3.64. The second kappa shape index (κ2) is 6.14. The van der Waals surface area contributed by atoms with Crippen molar-refractivity contribution in [1.29, 1.82) is 0 Å². The molecule has 0 saturated heterocycles. The lowest BCUT2D eigenvalue weighted by Gasteiger charge is -2.38. The molecule has 5 heteroatoms. The van der Waals surface area contributed by atoms with Crippen LogP contribution in [0.15, 0.2) is 12.4 Å². The second-order valence-electron chi connectivity index (χ2n) is 4.42. The molecule has 5 nitrogen and oxygen atoms in total. The number of nitrogens with zero attached hydrogens (tertiary/aromatic N) is 2. The molecule has 1 rings (SSSR count). The van der Waals surface area contributed by atoms with E-state index in [0.29, 0.717) is 0 Å². The van der Waals surface area contributed by atoms with E-state index in [1.165, 1.54) is 5.56 Å². The van der Waals surface area contributed by atoms with Crippen LogP contribution in [-0.2, 0) is 18.2 Å². The number of nitrogens with two attached hydrogens (primary N) is 1. The minimum Gasteiger partial charge on any atom is -0.377 e. The normalized spacial score (nSPS) is 13.9. The Morgan fingerprint density at radius 2 is 2.18 bits per heavy atom. The Morgan fingerprint density at radius 3 is 2.53 bits per heavy atom. The number of aromatic nitrogens is 2. The van der Waals surface area contributed by atoms with Crippen LogP contribution in [0.5, 0.6) is 0 Å². The van der Waals surface area contributed by atoms with Gasteiger partial charge >= 0.3 is 0 Å². The van der Waals surface area contributed by atoms with Gasteiger partial charge in [-0.15, -0.1) is 0 Å². The van der Waals surface area contributed by atoms with Crippen molar-refractivity contribution in [1.82, 2.24) is 15.2 Å². The Bertz CT molecular complexity index is 325. The first-order valence-electron chi connectivity index (χ1n) is 6.10. The number of rotatable bonds is 7. The highest BCUT2D eigenvalue weighted by molar-refractivity contribution is 5.09. The summed E-state index contributed by atoms with van der Waals surface area (Å²) in [6.07, 6.45) is 6.55. The van der Waals surface area contributed by atoms with Crippen LogP contribution in [-0.4, -0.2) is 28.5 Å². The molecule has 1 aromatic heterocycles. The Labute approximate surface area is 103 Å². The van der Waals surface area contributed by atoms with E-state index in [2.05, 4.69) is 24.4 Å². The fraction of sp³-hybridized carbons (Fsp3) is 0.750. The summed E-state index contributed by atoms with van der Waals surface area (Å²) in [6.45, 7) is 4.25. The summed E-state index contributed by atoms with van der Waals surface area (Å²) in [5.74, 6) is 5.68. The lowest BCUT2D eigenvalue weighted by atomic mass is 9.85. The first kappa shape index (κ1) is 14.2. The highest BCUT2D eigenvalue weighted by Crippen LogP contribution is 2.26. The van der Waals surface area contributed by atoms with Gasteiger partial charge in [0, 0.05) is 20.4 Å². The van der Waals surface area contributed by atoms with Gasteiger partial charge in [0.05, 0.1) is 17.8 Å². The molecule has 98 valence electrons. The largest absolute Gasteiger partial charge is 0.377 e. The number of aryl methyl sites for hydroxylation is 1. The summed E-state index contributed by atoms with van der Waals surface area (Å²) in [4.78, 5) is 0. The lowest BCUT2D eigenvalue weighted by Crippen LogP contribution is -2.55. The van der Waals surface area contributed by atoms with Crippen LogP contribution >= 0.6 is 0 Å². The van der Waals surface area contributed by atoms with Crippen molar-refractivity contribution in [2.24, 2.45) is 12.9 Å². The smallest absolute Gasteiger partial charge is 0.0842 e. The van der Waals surface area contributed by atoms with Crippen LogP contribution in [0.3, 0.4) is 0 Å². The molecule has 17 heavy (non-hydrogen) atoms. The Kier molecular flexibility index (Phi) is 5.11. The van der Waals surface area contributed by atoms with E-state index in [0.717, 1.165) is 19.3 Å². The maximum Gasteiger partial charge on any atom is 0.0842 e. The molecule has 1 heterocycles. The SMILES string of the molecule is CCC(CC)(OC)C(Cc1cnn(C)c1)NN. The van der Waals surface area contributed by atoms with Gasteiger partial charge in [-0.2, -0.15) is 5.10 Å². The van der Waals surface area contributed by atoms with Gasteiger partial charge in [-0.05, 0) is 24.8 Å². The Hall–Kier alpha value is -0.910. The molecule has 1 unspecified atom stereocenters. The molecule has 0 aliphatic carbocycles. The molecule has 0 bridgehead atoms. The van der Waals surface area contributed by atoms with E-state index in [1.807, 2.05) is 19.4 Å². The average molecular weight is 240 g/mol. The van der Waals surface area contributed by atoms with Gasteiger partial charge in [0.1, 0.15) is 0 Å². The predicted octanol–water partition coefficient (Wildman–Crippen LogP) is 1.000. The van der Waals surface area contributed by atoms with Crippen LogP contribution in [0.1, 0.15) is 32.3 Å². The molecule has 0 spiro atoms. The van der Waals surface area contributed by atoms with Crippen LogP contribution in [0.4, 0.5) is 0 Å². The number of hydrogen-bond donors (Lipinski definition) is 2. The number of methoxy groups -OCH3 is 1. The molecular weight excluding hydrogens is 216 g/mol. The summed E-state index contributed by atoms with van der Waals surface area (Å²) >= 11 is 0. The van der Waals surface area contributed by atoms with Gasteiger partial charge in [0.25, 0.3) is 0 Å². The average Bonchev–Trinajstić information content (AvgIpc) is 2.76. The van der Waals surface area contributed by atoms with Gasteiger partial charge in [0.15, 0.2) is 0 Å². The quantitative estimate of drug-likeness (QED) is 0.551. The molecular formula is C12H24N4O. The molecule has 0 amide bonds. The van der Waals surface area contributed by atoms with E-state index >= 15 is 0 Å². The van der Waals surface area contributed by atoms with Crippen LogP contribution in [0.2, 0.25) is 0 Å². The zero-order chi connectivity index (χ0) is 12.9. The first-order valence-corrected chi connectivity index (χ1v) is 6.10. The Balaban J connectivity index is 2.82. The molecule has 1 aromatic rings. The standard InChI is InChI=1S/C12H24N4O/c1-5-12(6-2,17-4)11(15-13)7-10-8-14-16(3)9-10/h8-9,11,15H,5-7,13H2,1-4H3. The summed E-state index contributed by atoms with van der Waals surface area (Å²) in [6, 6.07) is 0.0895. The third-order valence-corrected chi connectivity index (χ3v) is 3.64. The molecule has 0 saturated carbocycles. The highest BCUT2D eigenvalue weighted by atomic mass is 16.5. The third kappa shape index (κ3) is 3.06. The topological polar surface area (TPSA) is 65.1 Å². The van der Waals surface area contributed by atoms with Crippen molar-refractivity contribution in [3.05, 3.63) is 18.0 Å². The van der Waals surface area contributed by atoms with Gasteiger partial charge in [-0.1, -0.05) is 13.8 Å². The lowest BCUT2D eigenvalue weighted by molar-refractivity contribution is -0.0473. The number of ether oxygens (including phenoxy) is 1. The summed E-state index contributed by atoms with van der Waals surface area (Å²) < 4.78 is 7.50. The van der Waals surface area contributed by atoms with Crippen molar-refractivity contribution in [2.75, 3.05) is 7.11 Å². The first-order chi connectivity index (χ1) is 8.11. The van der Waals surface area contributed by atoms with E-state index in [-0.39, 0.29) is 11.6 Å². The molecule has 0 radical (unpaired) electrons. The van der Waals surface area contributed by atoms with Gasteiger partial charge in [0.2, 0.25) is 0 Å². The number of hydrogen-bond acceptors (Lipinski definition) is 4. The van der Waals surface area contributed by atoms with Crippen molar-refractivity contribution in [3.63, 3.8) is 0 Å². The summed E-state index contributed by atoms with van der Waals surface area (Å²) in [5, 5.41) is 4.17. The zero-order valence-electron chi connectivity index (χ0n) is 11.2. The Morgan fingerprint density at radius 1 is 1.53 bits per heavy atom. The fourth-order valence-corrected chi connectivity index (χ4v) is 2.38. The molecule has 0 aliphatic rings. The van der Waals surface area contributed by atoms with Crippen LogP contribution in [0, 0.1) is 0 Å². The van der Waals surface area contributed by atoms with E-state index < -0.39 is 0 Å². The summed E-state index contributed by atoms with van der Waals surface area (Å²) in [7, 11) is 3.66.